The van der Waals surface area contributed by atoms with E-state index >= 15 is 0 Å². The van der Waals surface area contributed by atoms with E-state index in [0.29, 0.717) is 12.6 Å². The van der Waals surface area contributed by atoms with Crippen LogP contribution in [0.15, 0.2) is 0 Å². The van der Waals surface area contributed by atoms with Gasteiger partial charge in [0.1, 0.15) is 5.92 Å². The number of nitrogens with one attached hydrogen (secondary N) is 1. The second-order valence-corrected chi connectivity index (χ2v) is 4.23. The maximum Gasteiger partial charge on any atom is 0.315 e. The Morgan fingerprint density at radius 2 is 2.25 bits per heavy atom. The van der Waals surface area contributed by atoms with Gasteiger partial charge in [0.25, 0.3) is 0 Å². The average Bonchev–Trinajstić information content (AvgIpc) is 2.71. The van der Waals surface area contributed by atoms with Crippen LogP contribution >= 0.6 is 0 Å². The van der Waals surface area contributed by atoms with Gasteiger partial charge in [-0.1, -0.05) is 6.92 Å². The summed E-state index contributed by atoms with van der Waals surface area (Å²) in [6.45, 7) is 6.12. The number of hydrogen-bond acceptors (Lipinski definition) is 3. The highest BCUT2D eigenvalue weighted by Gasteiger charge is 2.25. The maximum atomic E-state index is 11.4. The Hall–Kier alpha value is -1.10. The van der Waals surface area contributed by atoms with Crippen molar-refractivity contribution in [2.45, 2.75) is 32.7 Å². The number of carboxylic acid groups (broad SMARTS) is 1. The van der Waals surface area contributed by atoms with Gasteiger partial charge in [-0.25, -0.2) is 0 Å². The molecule has 0 aromatic heterocycles. The van der Waals surface area contributed by atoms with Crippen molar-refractivity contribution in [1.82, 2.24) is 10.2 Å². The zero-order valence-corrected chi connectivity index (χ0v) is 9.90. The summed E-state index contributed by atoms with van der Waals surface area (Å²) in [5.41, 5.74) is 0. The van der Waals surface area contributed by atoms with E-state index in [4.69, 9.17) is 5.11 Å². The lowest BCUT2D eigenvalue weighted by atomic mass is 10.1. The van der Waals surface area contributed by atoms with Gasteiger partial charge in [-0.2, -0.15) is 0 Å². The zero-order chi connectivity index (χ0) is 12.1. The molecule has 2 N–H and O–H groups in total. The molecular weight excluding hydrogens is 208 g/mol. The maximum absolute atomic E-state index is 11.4. The molecule has 0 saturated carbocycles. The summed E-state index contributed by atoms with van der Waals surface area (Å²) in [6.07, 6.45) is 2.23. The van der Waals surface area contributed by atoms with Crippen LogP contribution in [-0.4, -0.2) is 47.6 Å². The normalized spacial score (nSPS) is 23.0. The van der Waals surface area contributed by atoms with Crippen LogP contribution in [0.2, 0.25) is 0 Å². The summed E-state index contributed by atoms with van der Waals surface area (Å²) in [4.78, 5) is 24.3. The molecule has 0 radical (unpaired) electrons. The van der Waals surface area contributed by atoms with Gasteiger partial charge in [-0.15, -0.1) is 0 Å². The van der Waals surface area contributed by atoms with Crippen LogP contribution in [0.25, 0.3) is 0 Å². The third-order valence-electron chi connectivity index (χ3n) is 3.18. The second kappa shape index (κ2) is 5.84. The van der Waals surface area contributed by atoms with Crippen LogP contribution in [0.5, 0.6) is 0 Å². The summed E-state index contributed by atoms with van der Waals surface area (Å²) in [7, 11) is 0. The number of carbonyl (C=O) groups is 2. The van der Waals surface area contributed by atoms with Gasteiger partial charge in [-0.05, 0) is 32.9 Å². The molecule has 1 aliphatic rings. The predicted molar refractivity (Wildman–Crippen MR) is 60.1 cm³/mol. The highest BCUT2D eigenvalue weighted by molar-refractivity contribution is 5.96. The lowest BCUT2D eigenvalue weighted by molar-refractivity contribution is -0.146. The minimum absolute atomic E-state index is 0.370. The van der Waals surface area contributed by atoms with Gasteiger partial charge >= 0.3 is 5.97 Å². The smallest absolute Gasteiger partial charge is 0.315 e. The van der Waals surface area contributed by atoms with Gasteiger partial charge in [0.2, 0.25) is 5.91 Å². The first-order valence-corrected chi connectivity index (χ1v) is 5.80. The highest BCUT2D eigenvalue weighted by atomic mass is 16.4. The molecule has 0 spiro atoms. The largest absolute Gasteiger partial charge is 0.481 e. The van der Waals surface area contributed by atoms with Crippen LogP contribution in [0.3, 0.4) is 0 Å². The SMILES string of the molecule is CCN1CCCC1CNC(=O)C(C)C(=O)O. The Labute approximate surface area is 95.8 Å². The molecule has 0 aromatic rings. The number of hydrogen-bond donors (Lipinski definition) is 2. The first-order chi connectivity index (χ1) is 7.56. The first kappa shape index (κ1) is 13.0. The minimum Gasteiger partial charge on any atom is -0.481 e. The quantitative estimate of drug-likeness (QED) is 0.664. The monoisotopic (exact) mass is 228 g/mol. The number of nitrogens with zero attached hydrogens (tertiary/aromatic N) is 1. The van der Waals surface area contributed by atoms with Crippen molar-refractivity contribution in [3.05, 3.63) is 0 Å². The van der Waals surface area contributed by atoms with Crippen molar-refractivity contribution in [1.29, 1.82) is 0 Å². The van der Waals surface area contributed by atoms with Gasteiger partial charge in [0, 0.05) is 12.6 Å². The van der Waals surface area contributed by atoms with Crippen molar-refractivity contribution in [3.63, 3.8) is 0 Å². The summed E-state index contributed by atoms with van der Waals surface area (Å²) < 4.78 is 0. The van der Waals surface area contributed by atoms with Crippen molar-refractivity contribution < 1.29 is 14.7 Å². The molecule has 1 heterocycles. The fraction of sp³-hybridized carbons (Fsp3) is 0.818. The number of aliphatic carboxylic acids is 1. The Kier molecular flexibility index (Phi) is 4.73. The van der Waals surface area contributed by atoms with E-state index in [2.05, 4.69) is 17.1 Å². The molecule has 0 aromatic carbocycles. The lowest BCUT2D eigenvalue weighted by Crippen LogP contribution is -2.42. The average molecular weight is 228 g/mol. The third-order valence-corrected chi connectivity index (χ3v) is 3.18. The Morgan fingerprint density at radius 1 is 1.56 bits per heavy atom. The van der Waals surface area contributed by atoms with Crippen molar-refractivity contribution >= 4 is 11.9 Å². The van der Waals surface area contributed by atoms with E-state index < -0.39 is 17.8 Å². The van der Waals surface area contributed by atoms with Gasteiger partial charge in [0.15, 0.2) is 0 Å². The van der Waals surface area contributed by atoms with Gasteiger partial charge in [-0.3, -0.25) is 14.5 Å². The van der Waals surface area contributed by atoms with E-state index in [9.17, 15) is 9.59 Å². The molecule has 1 fully saturated rings. The van der Waals surface area contributed by atoms with Gasteiger partial charge < -0.3 is 10.4 Å². The predicted octanol–water partition coefficient (Wildman–Crippen LogP) is 0.308. The Bertz CT molecular complexity index is 268. The molecule has 1 saturated heterocycles. The number of rotatable bonds is 5. The molecule has 1 amide bonds. The van der Waals surface area contributed by atoms with E-state index in [1.54, 1.807) is 0 Å². The number of likely N-dealkylation sites (N-methyl/N-ethyl adjacent to an activating group) is 1. The fourth-order valence-electron chi connectivity index (χ4n) is 2.03. The zero-order valence-electron chi connectivity index (χ0n) is 9.90. The van der Waals surface area contributed by atoms with Crippen molar-refractivity contribution in [3.8, 4) is 0 Å². The number of likely N-dealkylation sites (tertiary alicyclic amines) is 1. The Balaban J connectivity index is 2.34. The van der Waals surface area contributed by atoms with E-state index in [-0.39, 0.29) is 0 Å². The second-order valence-electron chi connectivity index (χ2n) is 4.23. The molecular formula is C11H20N2O3. The number of amides is 1. The minimum atomic E-state index is -1.07. The topological polar surface area (TPSA) is 69.6 Å². The fourth-order valence-corrected chi connectivity index (χ4v) is 2.03. The highest BCUT2D eigenvalue weighted by Crippen LogP contribution is 2.15. The van der Waals surface area contributed by atoms with Crippen molar-refractivity contribution in [2.24, 2.45) is 5.92 Å². The standard InChI is InChI=1S/C11H20N2O3/c1-3-13-6-4-5-9(13)7-12-10(14)8(2)11(15)16/h8-9H,3-7H2,1-2H3,(H,12,14)(H,15,16). The summed E-state index contributed by atoms with van der Waals surface area (Å²) in [5.74, 6) is -2.43. The summed E-state index contributed by atoms with van der Waals surface area (Å²) in [6, 6.07) is 0.370. The van der Waals surface area contributed by atoms with Gasteiger partial charge in [0.05, 0.1) is 0 Å². The number of carbonyl (C=O) groups excluding carboxylic acids is 1. The molecule has 2 atom stereocenters. The molecule has 5 nitrogen and oxygen atoms in total. The molecule has 0 bridgehead atoms. The van der Waals surface area contributed by atoms with E-state index in [0.717, 1.165) is 25.9 Å². The number of carboxylic acids is 1. The molecule has 1 rings (SSSR count). The van der Waals surface area contributed by atoms with Crippen molar-refractivity contribution in [2.75, 3.05) is 19.6 Å². The summed E-state index contributed by atoms with van der Waals surface area (Å²) >= 11 is 0. The third kappa shape index (κ3) is 3.20. The van der Waals surface area contributed by atoms with E-state index in [1.165, 1.54) is 6.92 Å². The van der Waals surface area contributed by atoms with Crippen LogP contribution in [-0.2, 0) is 9.59 Å². The van der Waals surface area contributed by atoms with Crippen LogP contribution in [0.1, 0.15) is 26.7 Å². The molecule has 16 heavy (non-hydrogen) atoms. The first-order valence-electron chi connectivity index (χ1n) is 5.80. The molecule has 0 aliphatic carbocycles. The summed E-state index contributed by atoms with van der Waals surface area (Å²) in [5, 5.41) is 11.4. The van der Waals surface area contributed by atoms with Crippen LogP contribution in [0.4, 0.5) is 0 Å². The molecule has 2 unspecified atom stereocenters. The Morgan fingerprint density at radius 3 is 2.81 bits per heavy atom. The van der Waals surface area contributed by atoms with E-state index in [1.807, 2.05) is 0 Å². The molecule has 92 valence electrons. The van der Waals surface area contributed by atoms with Crippen LogP contribution < -0.4 is 5.32 Å². The van der Waals surface area contributed by atoms with Crippen LogP contribution in [0, 0.1) is 5.92 Å². The lowest BCUT2D eigenvalue weighted by Gasteiger charge is -2.23. The molecule has 1 aliphatic heterocycles. The molecule has 5 heteroatoms.